The van der Waals surface area contributed by atoms with Crippen molar-refractivity contribution in [2.24, 2.45) is 0 Å². The summed E-state index contributed by atoms with van der Waals surface area (Å²) in [6.45, 7) is 7.56. The molecule has 0 aliphatic rings. The molecule has 2 aromatic rings. The summed E-state index contributed by atoms with van der Waals surface area (Å²) in [4.78, 5) is 11.2. The van der Waals surface area contributed by atoms with Crippen LogP contribution in [0.3, 0.4) is 0 Å². The third kappa shape index (κ3) is 2.50. The van der Waals surface area contributed by atoms with Gasteiger partial charge in [-0.15, -0.1) is 0 Å². The average molecular weight is 274 g/mol. The van der Waals surface area contributed by atoms with Crippen molar-refractivity contribution >= 4 is 6.29 Å². The van der Waals surface area contributed by atoms with Crippen molar-refractivity contribution in [2.75, 3.05) is 0 Å². The van der Waals surface area contributed by atoms with Gasteiger partial charge in [0.15, 0.2) is 6.29 Å². The second kappa shape index (κ2) is 5.57. The quantitative estimate of drug-likeness (QED) is 0.787. The maximum Gasteiger partial charge on any atom is 0.153 e. The van der Waals surface area contributed by atoms with Crippen molar-refractivity contribution in [1.82, 2.24) is 9.78 Å². The lowest BCUT2D eigenvalue weighted by Crippen LogP contribution is -2.04. The molecule has 106 valence electrons. The van der Waals surface area contributed by atoms with Gasteiger partial charge >= 0.3 is 0 Å². The van der Waals surface area contributed by atoms with Gasteiger partial charge in [0.25, 0.3) is 0 Å². The Kier molecular flexibility index (Phi) is 4.02. The topological polar surface area (TPSA) is 34.9 Å². The summed E-state index contributed by atoms with van der Waals surface area (Å²) in [5.74, 6) is -0.206. The summed E-state index contributed by atoms with van der Waals surface area (Å²) in [5.41, 5.74) is 3.07. The van der Waals surface area contributed by atoms with Crippen LogP contribution in [0, 0.1) is 19.7 Å². The van der Waals surface area contributed by atoms with Gasteiger partial charge in [-0.1, -0.05) is 6.92 Å². The predicted molar refractivity (Wildman–Crippen MR) is 77.5 cm³/mol. The number of carbonyl (C=O) groups excluding carboxylic acids is 1. The molecule has 1 aromatic carbocycles. The van der Waals surface area contributed by atoms with E-state index in [0.29, 0.717) is 22.4 Å². The van der Waals surface area contributed by atoms with E-state index in [2.05, 4.69) is 12.0 Å². The van der Waals surface area contributed by atoms with Crippen LogP contribution in [0.4, 0.5) is 4.39 Å². The van der Waals surface area contributed by atoms with Gasteiger partial charge in [0.1, 0.15) is 11.5 Å². The molecule has 0 saturated heterocycles. The normalized spacial score (nSPS) is 12.4. The van der Waals surface area contributed by atoms with Gasteiger partial charge in [-0.05, 0) is 50.5 Å². The van der Waals surface area contributed by atoms with Gasteiger partial charge < -0.3 is 0 Å². The van der Waals surface area contributed by atoms with Crippen LogP contribution in [0.25, 0.3) is 11.3 Å². The largest absolute Gasteiger partial charge is 0.298 e. The second-order valence-electron chi connectivity index (χ2n) is 5.21. The number of carbonyl (C=O) groups is 1. The molecule has 0 amide bonds. The first-order valence-corrected chi connectivity index (χ1v) is 6.79. The fourth-order valence-electron chi connectivity index (χ4n) is 2.21. The van der Waals surface area contributed by atoms with Gasteiger partial charge in [-0.25, -0.2) is 4.39 Å². The molecular formula is C16H19FN2O. The summed E-state index contributed by atoms with van der Waals surface area (Å²) >= 11 is 0. The van der Waals surface area contributed by atoms with Gasteiger partial charge in [0.2, 0.25) is 0 Å². The first-order chi connectivity index (χ1) is 9.47. The molecule has 0 spiro atoms. The van der Waals surface area contributed by atoms with Gasteiger partial charge in [0, 0.05) is 17.8 Å². The minimum absolute atomic E-state index is 0.206. The molecule has 0 aliphatic heterocycles. The summed E-state index contributed by atoms with van der Waals surface area (Å²) in [7, 11) is 0. The van der Waals surface area contributed by atoms with Crippen molar-refractivity contribution in [3.05, 3.63) is 40.8 Å². The molecule has 0 saturated carbocycles. The standard InChI is InChI=1S/C16H19FN2O/c1-5-12(4)19-8-14(9-20)16(18-19)13-6-10(2)15(17)11(3)7-13/h6-9,12H,5H2,1-4H3. The lowest BCUT2D eigenvalue weighted by atomic mass is 10.0. The van der Waals surface area contributed by atoms with E-state index in [1.807, 2.05) is 6.92 Å². The number of benzene rings is 1. The minimum Gasteiger partial charge on any atom is -0.298 e. The number of rotatable bonds is 4. The molecule has 0 aliphatic carbocycles. The van der Waals surface area contributed by atoms with E-state index in [-0.39, 0.29) is 11.9 Å². The first kappa shape index (κ1) is 14.4. The summed E-state index contributed by atoms with van der Waals surface area (Å²) in [6, 6.07) is 3.70. The maximum absolute atomic E-state index is 13.7. The van der Waals surface area contributed by atoms with Gasteiger partial charge in [-0.3, -0.25) is 9.48 Å². The number of hydrogen-bond acceptors (Lipinski definition) is 2. The minimum atomic E-state index is -0.206. The van der Waals surface area contributed by atoms with Crippen LogP contribution in [-0.2, 0) is 0 Å². The van der Waals surface area contributed by atoms with E-state index in [1.165, 1.54) is 0 Å². The Hall–Kier alpha value is -1.97. The highest BCUT2D eigenvalue weighted by atomic mass is 19.1. The Morgan fingerprint density at radius 2 is 1.95 bits per heavy atom. The smallest absolute Gasteiger partial charge is 0.153 e. The SMILES string of the molecule is CCC(C)n1cc(C=O)c(-c2cc(C)c(F)c(C)c2)n1. The fourth-order valence-corrected chi connectivity index (χ4v) is 2.21. The first-order valence-electron chi connectivity index (χ1n) is 6.79. The molecule has 1 heterocycles. The molecule has 1 atom stereocenters. The highest BCUT2D eigenvalue weighted by Crippen LogP contribution is 2.26. The van der Waals surface area contributed by atoms with E-state index in [9.17, 15) is 9.18 Å². The lowest BCUT2D eigenvalue weighted by Gasteiger charge is -2.08. The van der Waals surface area contributed by atoms with E-state index >= 15 is 0 Å². The van der Waals surface area contributed by atoms with Crippen LogP contribution in [0.2, 0.25) is 0 Å². The zero-order valence-electron chi connectivity index (χ0n) is 12.3. The van der Waals surface area contributed by atoms with Crippen molar-refractivity contribution < 1.29 is 9.18 Å². The molecule has 1 unspecified atom stereocenters. The Morgan fingerprint density at radius 1 is 1.35 bits per heavy atom. The molecule has 2 rings (SSSR count). The Labute approximate surface area is 118 Å². The van der Waals surface area contributed by atoms with Crippen LogP contribution < -0.4 is 0 Å². The van der Waals surface area contributed by atoms with E-state index in [4.69, 9.17) is 0 Å². The van der Waals surface area contributed by atoms with Crippen molar-refractivity contribution in [3.63, 3.8) is 0 Å². The van der Waals surface area contributed by atoms with Crippen molar-refractivity contribution in [3.8, 4) is 11.3 Å². The zero-order chi connectivity index (χ0) is 14.9. The Bertz CT molecular complexity index is 623. The van der Waals surface area contributed by atoms with Crippen LogP contribution in [-0.4, -0.2) is 16.1 Å². The Morgan fingerprint density at radius 3 is 2.45 bits per heavy atom. The molecular weight excluding hydrogens is 255 g/mol. The highest BCUT2D eigenvalue weighted by molar-refractivity contribution is 5.85. The number of halogens is 1. The average Bonchev–Trinajstić information content (AvgIpc) is 2.87. The van der Waals surface area contributed by atoms with E-state index in [1.54, 1.807) is 36.9 Å². The molecule has 0 bridgehead atoms. The molecule has 3 nitrogen and oxygen atoms in total. The van der Waals surface area contributed by atoms with Crippen LogP contribution in [0.5, 0.6) is 0 Å². The van der Waals surface area contributed by atoms with Crippen LogP contribution in [0.15, 0.2) is 18.3 Å². The summed E-state index contributed by atoms with van der Waals surface area (Å²) < 4.78 is 15.5. The third-order valence-electron chi connectivity index (χ3n) is 3.64. The monoisotopic (exact) mass is 274 g/mol. The van der Waals surface area contributed by atoms with Gasteiger partial charge in [-0.2, -0.15) is 5.10 Å². The van der Waals surface area contributed by atoms with Crippen LogP contribution in [0.1, 0.15) is 47.8 Å². The molecule has 20 heavy (non-hydrogen) atoms. The highest BCUT2D eigenvalue weighted by Gasteiger charge is 2.15. The van der Waals surface area contributed by atoms with E-state index in [0.717, 1.165) is 18.3 Å². The number of hydrogen-bond donors (Lipinski definition) is 0. The maximum atomic E-state index is 13.7. The summed E-state index contributed by atoms with van der Waals surface area (Å²) in [6.07, 6.45) is 3.49. The van der Waals surface area contributed by atoms with E-state index < -0.39 is 0 Å². The number of nitrogens with zero attached hydrogens (tertiary/aromatic N) is 2. The molecule has 4 heteroatoms. The molecule has 0 fully saturated rings. The number of aryl methyl sites for hydroxylation is 2. The molecule has 1 aromatic heterocycles. The number of aromatic nitrogens is 2. The lowest BCUT2D eigenvalue weighted by molar-refractivity contribution is 0.112. The molecule has 0 N–H and O–H groups in total. The molecule has 0 radical (unpaired) electrons. The fraction of sp³-hybridized carbons (Fsp3) is 0.375. The Balaban J connectivity index is 2.57. The van der Waals surface area contributed by atoms with Crippen molar-refractivity contribution in [2.45, 2.75) is 40.2 Å². The van der Waals surface area contributed by atoms with Crippen LogP contribution >= 0.6 is 0 Å². The predicted octanol–water partition coefficient (Wildman–Crippen LogP) is 4.09. The van der Waals surface area contributed by atoms with Crippen molar-refractivity contribution in [1.29, 1.82) is 0 Å². The summed E-state index contributed by atoms with van der Waals surface area (Å²) in [5, 5.41) is 4.50. The van der Waals surface area contributed by atoms with Gasteiger partial charge in [0.05, 0.1) is 5.56 Å². The number of aldehydes is 1. The zero-order valence-corrected chi connectivity index (χ0v) is 12.3. The second-order valence-corrected chi connectivity index (χ2v) is 5.21. The third-order valence-corrected chi connectivity index (χ3v) is 3.64.